The Bertz CT molecular complexity index is 950. The predicted octanol–water partition coefficient (Wildman–Crippen LogP) is 4.57. The number of nitrogens with zero attached hydrogens (tertiary/aromatic N) is 1. The molecule has 0 aliphatic carbocycles. The van der Waals surface area contributed by atoms with E-state index in [0.29, 0.717) is 22.6 Å². The monoisotopic (exact) mass is 354 g/mol. The van der Waals surface area contributed by atoms with Crippen LogP contribution in [0.15, 0.2) is 47.0 Å². The summed E-state index contributed by atoms with van der Waals surface area (Å²) in [6, 6.07) is 11.8. The van der Waals surface area contributed by atoms with Crippen LogP contribution in [0.2, 0.25) is 0 Å². The van der Waals surface area contributed by atoms with Crippen LogP contribution < -0.4 is 10.1 Å². The zero-order chi connectivity index (χ0) is 18.7. The quantitative estimate of drug-likeness (QED) is 0.729. The molecule has 3 rings (SSSR count). The number of benzene rings is 2. The molecule has 0 radical (unpaired) electrons. The van der Waals surface area contributed by atoms with Crippen molar-refractivity contribution in [3.8, 4) is 5.75 Å². The van der Waals surface area contributed by atoms with Crippen LogP contribution >= 0.6 is 0 Å². The maximum absolute atomic E-state index is 13.2. The Labute approximate surface area is 150 Å². The van der Waals surface area contributed by atoms with Crippen LogP contribution in [0.1, 0.15) is 32.9 Å². The van der Waals surface area contributed by atoms with Gasteiger partial charge in [0, 0.05) is 5.69 Å². The normalized spacial score (nSPS) is 10.6. The van der Waals surface area contributed by atoms with E-state index in [1.54, 1.807) is 13.8 Å². The van der Waals surface area contributed by atoms with Gasteiger partial charge in [-0.3, -0.25) is 4.79 Å². The first kappa shape index (κ1) is 17.7. The standard InChI is InChI=1S/C20H19FN2O3/c1-12-6-4-5-7-18(12)25-11-16-14(3)26-23-19(16)20(24)22-17-9-8-15(21)10-13(17)2/h4-10H,11H2,1-3H3,(H,22,24). The predicted molar refractivity (Wildman–Crippen MR) is 95.8 cm³/mol. The Morgan fingerprint density at radius 3 is 2.65 bits per heavy atom. The number of anilines is 1. The molecule has 0 bridgehead atoms. The lowest BCUT2D eigenvalue weighted by Crippen LogP contribution is -2.16. The highest BCUT2D eigenvalue weighted by Crippen LogP contribution is 2.22. The molecule has 0 saturated carbocycles. The van der Waals surface area contributed by atoms with Gasteiger partial charge < -0.3 is 14.6 Å². The molecular weight excluding hydrogens is 335 g/mol. The van der Waals surface area contributed by atoms with Crippen LogP contribution in [0, 0.1) is 26.6 Å². The molecule has 26 heavy (non-hydrogen) atoms. The maximum atomic E-state index is 13.2. The fourth-order valence-corrected chi connectivity index (χ4v) is 2.56. The van der Waals surface area contributed by atoms with Crippen LogP contribution in [0.4, 0.5) is 10.1 Å². The van der Waals surface area contributed by atoms with Crippen LogP contribution in [0.3, 0.4) is 0 Å². The van der Waals surface area contributed by atoms with Crippen molar-refractivity contribution >= 4 is 11.6 Å². The summed E-state index contributed by atoms with van der Waals surface area (Å²) in [4.78, 5) is 12.6. The van der Waals surface area contributed by atoms with E-state index in [9.17, 15) is 9.18 Å². The molecule has 1 amide bonds. The number of carbonyl (C=O) groups excluding carboxylic acids is 1. The summed E-state index contributed by atoms with van der Waals surface area (Å²) in [5.41, 5.74) is 2.86. The average Bonchev–Trinajstić information content (AvgIpc) is 2.97. The van der Waals surface area contributed by atoms with Gasteiger partial charge in [-0.05, 0) is 56.2 Å². The van der Waals surface area contributed by atoms with Crippen LogP contribution in [0.5, 0.6) is 5.75 Å². The lowest BCUT2D eigenvalue weighted by Gasteiger charge is -2.10. The molecule has 0 aliphatic rings. The molecule has 1 heterocycles. The summed E-state index contributed by atoms with van der Waals surface area (Å²) < 4.78 is 24.2. The van der Waals surface area contributed by atoms with Gasteiger partial charge in [0.25, 0.3) is 5.91 Å². The molecule has 0 aliphatic heterocycles. The zero-order valence-electron chi connectivity index (χ0n) is 14.8. The number of aryl methyl sites for hydroxylation is 3. The molecule has 2 aromatic carbocycles. The van der Waals surface area contributed by atoms with Crippen molar-refractivity contribution in [2.45, 2.75) is 27.4 Å². The third kappa shape index (κ3) is 3.74. The Morgan fingerprint density at radius 2 is 1.92 bits per heavy atom. The van der Waals surface area contributed by atoms with Gasteiger partial charge in [0.2, 0.25) is 0 Å². The first-order valence-corrected chi connectivity index (χ1v) is 8.17. The minimum Gasteiger partial charge on any atom is -0.488 e. The highest BCUT2D eigenvalue weighted by Gasteiger charge is 2.21. The topological polar surface area (TPSA) is 64.4 Å². The minimum atomic E-state index is -0.431. The number of hydrogen-bond donors (Lipinski definition) is 1. The van der Waals surface area contributed by atoms with Crippen LogP contribution in [-0.4, -0.2) is 11.1 Å². The fourth-order valence-electron chi connectivity index (χ4n) is 2.56. The largest absolute Gasteiger partial charge is 0.488 e. The Hall–Kier alpha value is -3.15. The third-order valence-corrected chi connectivity index (χ3v) is 4.10. The number of para-hydroxylation sites is 1. The molecule has 0 unspecified atom stereocenters. The van der Waals surface area contributed by atoms with Crippen molar-refractivity contribution in [2.75, 3.05) is 5.32 Å². The van der Waals surface area contributed by atoms with Crippen molar-refractivity contribution in [1.82, 2.24) is 5.16 Å². The Morgan fingerprint density at radius 1 is 1.15 bits per heavy atom. The van der Waals surface area contributed by atoms with Gasteiger partial charge >= 0.3 is 0 Å². The minimum absolute atomic E-state index is 0.153. The molecule has 0 saturated heterocycles. The number of amides is 1. The summed E-state index contributed by atoms with van der Waals surface area (Å²) >= 11 is 0. The second-order valence-corrected chi connectivity index (χ2v) is 6.03. The molecule has 0 atom stereocenters. The van der Waals surface area contributed by atoms with Gasteiger partial charge in [0.1, 0.15) is 23.9 Å². The SMILES string of the molecule is Cc1cc(F)ccc1NC(=O)c1noc(C)c1COc1ccccc1C. The van der Waals surface area contributed by atoms with E-state index in [1.807, 2.05) is 31.2 Å². The van der Waals surface area contributed by atoms with E-state index < -0.39 is 5.91 Å². The summed E-state index contributed by atoms with van der Waals surface area (Å²) in [5.74, 6) is 0.457. The number of ether oxygens (including phenoxy) is 1. The van der Waals surface area contributed by atoms with E-state index in [4.69, 9.17) is 9.26 Å². The van der Waals surface area contributed by atoms with Crippen molar-refractivity contribution in [1.29, 1.82) is 0 Å². The summed E-state index contributed by atoms with van der Waals surface area (Å²) in [5, 5.41) is 6.59. The van der Waals surface area contributed by atoms with Gasteiger partial charge in [-0.2, -0.15) is 0 Å². The van der Waals surface area contributed by atoms with E-state index in [2.05, 4.69) is 10.5 Å². The van der Waals surface area contributed by atoms with Gasteiger partial charge in [0.05, 0.1) is 5.56 Å². The van der Waals surface area contributed by atoms with E-state index in [-0.39, 0.29) is 18.1 Å². The second kappa shape index (κ2) is 7.39. The molecule has 5 nitrogen and oxygen atoms in total. The number of carbonyl (C=O) groups is 1. The number of rotatable bonds is 5. The average molecular weight is 354 g/mol. The molecule has 6 heteroatoms. The van der Waals surface area contributed by atoms with Gasteiger partial charge in [-0.1, -0.05) is 23.4 Å². The van der Waals surface area contributed by atoms with Gasteiger partial charge in [-0.25, -0.2) is 4.39 Å². The van der Waals surface area contributed by atoms with Crippen molar-refractivity contribution < 1.29 is 18.4 Å². The number of halogens is 1. The number of nitrogens with one attached hydrogen (secondary N) is 1. The molecule has 0 fully saturated rings. The molecule has 3 aromatic rings. The first-order chi connectivity index (χ1) is 12.5. The maximum Gasteiger partial charge on any atom is 0.278 e. The van der Waals surface area contributed by atoms with Gasteiger partial charge in [-0.15, -0.1) is 0 Å². The molecule has 134 valence electrons. The van der Waals surface area contributed by atoms with Crippen molar-refractivity contribution in [3.05, 3.63) is 76.4 Å². The first-order valence-electron chi connectivity index (χ1n) is 8.17. The zero-order valence-corrected chi connectivity index (χ0v) is 14.8. The smallest absolute Gasteiger partial charge is 0.278 e. The molecule has 1 N–H and O–H groups in total. The van der Waals surface area contributed by atoms with Crippen LogP contribution in [0.25, 0.3) is 0 Å². The van der Waals surface area contributed by atoms with Gasteiger partial charge in [0.15, 0.2) is 5.69 Å². The molecule has 1 aromatic heterocycles. The van der Waals surface area contributed by atoms with Crippen molar-refractivity contribution in [3.63, 3.8) is 0 Å². The lowest BCUT2D eigenvalue weighted by molar-refractivity contribution is 0.101. The highest BCUT2D eigenvalue weighted by molar-refractivity contribution is 6.04. The van der Waals surface area contributed by atoms with Crippen molar-refractivity contribution in [2.24, 2.45) is 0 Å². The number of aromatic nitrogens is 1. The van der Waals surface area contributed by atoms with Crippen LogP contribution in [-0.2, 0) is 6.61 Å². The molecular formula is C20H19FN2O3. The summed E-state index contributed by atoms with van der Waals surface area (Å²) in [7, 11) is 0. The third-order valence-electron chi connectivity index (χ3n) is 4.10. The summed E-state index contributed by atoms with van der Waals surface area (Å²) in [6.07, 6.45) is 0. The Balaban J connectivity index is 1.78. The lowest BCUT2D eigenvalue weighted by atomic mass is 10.1. The fraction of sp³-hybridized carbons (Fsp3) is 0.200. The summed E-state index contributed by atoms with van der Waals surface area (Å²) in [6.45, 7) is 5.55. The van der Waals surface area contributed by atoms with E-state index in [0.717, 1.165) is 11.3 Å². The second-order valence-electron chi connectivity index (χ2n) is 6.03. The van der Waals surface area contributed by atoms with E-state index in [1.165, 1.54) is 18.2 Å². The Kier molecular flexibility index (Phi) is 5.02. The van der Waals surface area contributed by atoms with E-state index >= 15 is 0 Å². The molecule has 0 spiro atoms. The number of hydrogen-bond acceptors (Lipinski definition) is 4. The highest BCUT2D eigenvalue weighted by atomic mass is 19.1.